The average molecular weight is 422 g/mol. The predicted molar refractivity (Wildman–Crippen MR) is 121 cm³/mol. The zero-order chi connectivity index (χ0) is 21.4. The van der Waals surface area contributed by atoms with E-state index in [9.17, 15) is 9.59 Å². The Hall–Kier alpha value is -3.06. The highest BCUT2D eigenvalue weighted by Gasteiger charge is 2.20. The molecule has 0 saturated carbocycles. The summed E-state index contributed by atoms with van der Waals surface area (Å²) in [7, 11) is 0. The fourth-order valence-electron chi connectivity index (χ4n) is 3.34. The second kappa shape index (κ2) is 7.99. The lowest BCUT2D eigenvalue weighted by atomic mass is 10.1. The van der Waals surface area contributed by atoms with Crippen LogP contribution in [-0.4, -0.2) is 21.2 Å². The van der Waals surface area contributed by atoms with Gasteiger partial charge in [0.1, 0.15) is 11.1 Å². The third-order valence-corrected chi connectivity index (χ3v) is 5.99. The van der Waals surface area contributed by atoms with Crippen LogP contribution in [0.5, 0.6) is 0 Å². The SMILES string of the molecule is Cc1ccc(NC(=O)CSc2nc3c(oc4ccccc43)c(=O)n2C(C)C)cc1C. The van der Waals surface area contributed by atoms with Crippen LogP contribution < -0.4 is 10.9 Å². The molecule has 154 valence electrons. The van der Waals surface area contributed by atoms with Gasteiger partial charge < -0.3 is 9.73 Å². The van der Waals surface area contributed by atoms with Crippen molar-refractivity contribution in [1.29, 1.82) is 0 Å². The first-order chi connectivity index (χ1) is 14.3. The van der Waals surface area contributed by atoms with E-state index in [1.165, 1.54) is 17.3 Å². The van der Waals surface area contributed by atoms with Gasteiger partial charge in [0.15, 0.2) is 5.16 Å². The molecule has 0 saturated heterocycles. The summed E-state index contributed by atoms with van der Waals surface area (Å²) in [4.78, 5) is 30.3. The molecule has 2 aromatic heterocycles. The highest BCUT2D eigenvalue weighted by atomic mass is 32.2. The number of para-hydroxylation sites is 1. The smallest absolute Gasteiger partial charge is 0.298 e. The molecule has 0 radical (unpaired) electrons. The summed E-state index contributed by atoms with van der Waals surface area (Å²) >= 11 is 1.25. The Bertz CT molecular complexity index is 1320. The molecule has 1 amide bonds. The first-order valence-electron chi connectivity index (χ1n) is 9.79. The van der Waals surface area contributed by atoms with E-state index in [-0.39, 0.29) is 28.8 Å². The number of carbonyl (C=O) groups is 1. The van der Waals surface area contributed by atoms with Crippen molar-refractivity contribution < 1.29 is 9.21 Å². The lowest BCUT2D eigenvalue weighted by Crippen LogP contribution is -2.25. The van der Waals surface area contributed by atoms with Crippen molar-refractivity contribution in [3.8, 4) is 0 Å². The van der Waals surface area contributed by atoms with E-state index < -0.39 is 0 Å². The molecule has 0 aliphatic rings. The second-order valence-electron chi connectivity index (χ2n) is 7.58. The van der Waals surface area contributed by atoms with E-state index >= 15 is 0 Å². The van der Waals surface area contributed by atoms with E-state index in [2.05, 4.69) is 5.32 Å². The number of hydrogen-bond donors (Lipinski definition) is 1. The number of nitrogens with zero attached hydrogens (tertiary/aromatic N) is 2. The van der Waals surface area contributed by atoms with Gasteiger partial charge in [-0.05, 0) is 63.1 Å². The van der Waals surface area contributed by atoms with Gasteiger partial charge in [0.25, 0.3) is 5.56 Å². The first kappa shape index (κ1) is 20.2. The van der Waals surface area contributed by atoms with Crippen molar-refractivity contribution >= 4 is 45.4 Å². The monoisotopic (exact) mass is 421 g/mol. The van der Waals surface area contributed by atoms with Crippen molar-refractivity contribution in [1.82, 2.24) is 9.55 Å². The van der Waals surface area contributed by atoms with Crippen LogP contribution >= 0.6 is 11.8 Å². The van der Waals surface area contributed by atoms with Crippen molar-refractivity contribution in [2.45, 2.75) is 38.9 Å². The molecule has 6 nitrogen and oxygen atoms in total. The zero-order valence-electron chi connectivity index (χ0n) is 17.4. The summed E-state index contributed by atoms with van der Waals surface area (Å²) in [5, 5.41) is 4.21. The molecule has 4 aromatic rings. The van der Waals surface area contributed by atoms with Crippen LogP contribution in [-0.2, 0) is 4.79 Å². The predicted octanol–water partition coefficient (Wildman–Crippen LogP) is 5.07. The first-order valence-corrected chi connectivity index (χ1v) is 10.8. The third-order valence-electron chi connectivity index (χ3n) is 5.04. The van der Waals surface area contributed by atoms with Gasteiger partial charge >= 0.3 is 0 Å². The summed E-state index contributed by atoms with van der Waals surface area (Å²) in [6.07, 6.45) is 0. The summed E-state index contributed by atoms with van der Waals surface area (Å²) in [6.45, 7) is 7.87. The Kier molecular flexibility index (Phi) is 5.39. The van der Waals surface area contributed by atoms with Crippen molar-refractivity contribution in [2.75, 3.05) is 11.1 Å². The standard InChI is InChI=1S/C23H23N3O3S/c1-13(2)26-22(28)21-20(17-7-5-6-8-18(17)29-21)25-23(26)30-12-19(27)24-16-10-9-14(3)15(4)11-16/h5-11,13H,12H2,1-4H3,(H,24,27). The molecule has 4 rings (SSSR count). The molecular weight excluding hydrogens is 398 g/mol. The average Bonchev–Trinajstić information content (AvgIpc) is 3.08. The molecule has 0 fully saturated rings. The summed E-state index contributed by atoms with van der Waals surface area (Å²) in [5.74, 6) is -0.00198. The van der Waals surface area contributed by atoms with Crippen LogP contribution in [0.2, 0.25) is 0 Å². The topological polar surface area (TPSA) is 77.1 Å². The number of benzene rings is 2. The zero-order valence-corrected chi connectivity index (χ0v) is 18.2. The maximum Gasteiger partial charge on any atom is 0.298 e. The minimum absolute atomic E-state index is 0.118. The van der Waals surface area contributed by atoms with Crippen molar-refractivity contribution in [2.24, 2.45) is 0 Å². The number of amides is 1. The minimum atomic E-state index is -0.233. The molecule has 0 aliphatic carbocycles. The van der Waals surface area contributed by atoms with Crippen LogP contribution in [0.15, 0.2) is 56.8 Å². The van der Waals surface area contributed by atoms with Gasteiger partial charge in [-0.2, -0.15) is 0 Å². The summed E-state index contributed by atoms with van der Waals surface area (Å²) < 4.78 is 7.35. The van der Waals surface area contributed by atoms with Crippen LogP contribution in [0.1, 0.15) is 31.0 Å². The number of aryl methyl sites for hydroxylation is 2. The molecule has 0 aliphatic heterocycles. The highest BCUT2D eigenvalue weighted by Crippen LogP contribution is 2.28. The van der Waals surface area contributed by atoms with Gasteiger partial charge in [0.05, 0.1) is 5.75 Å². The Morgan fingerprint density at radius 2 is 1.93 bits per heavy atom. The Morgan fingerprint density at radius 1 is 1.17 bits per heavy atom. The number of thioether (sulfide) groups is 1. The lowest BCUT2D eigenvalue weighted by Gasteiger charge is -2.14. The molecule has 30 heavy (non-hydrogen) atoms. The van der Waals surface area contributed by atoms with Gasteiger partial charge in [0.2, 0.25) is 11.5 Å². The number of hydrogen-bond acceptors (Lipinski definition) is 5. The number of anilines is 1. The van der Waals surface area contributed by atoms with Crippen LogP contribution in [0.3, 0.4) is 0 Å². The van der Waals surface area contributed by atoms with Crippen LogP contribution in [0, 0.1) is 13.8 Å². The molecule has 0 bridgehead atoms. The molecule has 1 N–H and O–H groups in total. The number of fused-ring (bicyclic) bond motifs is 3. The van der Waals surface area contributed by atoms with Crippen LogP contribution in [0.4, 0.5) is 5.69 Å². The van der Waals surface area contributed by atoms with E-state index in [4.69, 9.17) is 9.40 Å². The number of aromatic nitrogens is 2. The van der Waals surface area contributed by atoms with E-state index in [1.807, 2.05) is 70.2 Å². The molecule has 0 atom stereocenters. The quantitative estimate of drug-likeness (QED) is 0.360. The number of furan rings is 1. The van der Waals surface area contributed by atoms with E-state index in [0.29, 0.717) is 16.3 Å². The van der Waals surface area contributed by atoms with Gasteiger partial charge in [0, 0.05) is 17.1 Å². The Balaban J connectivity index is 1.64. The number of nitrogens with one attached hydrogen (secondary N) is 1. The highest BCUT2D eigenvalue weighted by molar-refractivity contribution is 7.99. The fourth-order valence-corrected chi connectivity index (χ4v) is 4.26. The van der Waals surface area contributed by atoms with Crippen molar-refractivity contribution in [3.63, 3.8) is 0 Å². The molecule has 0 spiro atoms. The summed E-state index contributed by atoms with van der Waals surface area (Å²) in [6, 6.07) is 13.1. The van der Waals surface area contributed by atoms with E-state index in [1.54, 1.807) is 4.57 Å². The maximum atomic E-state index is 13.1. The normalized spacial score (nSPS) is 11.5. The molecule has 2 aromatic carbocycles. The molecule has 7 heteroatoms. The summed E-state index contributed by atoms with van der Waals surface area (Å²) in [5.41, 5.74) is 4.22. The molecular formula is C23H23N3O3S. The van der Waals surface area contributed by atoms with Crippen molar-refractivity contribution in [3.05, 3.63) is 63.9 Å². The lowest BCUT2D eigenvalue weighted by molar-refractivity contribution is -0.113. The van der Waals surface area contributed by atoms with Gasteiger partial charge in [-0.15, -0.1) is 0 Å². The largest absolute Gasteiger partial charge is 0.448 e. The van der Waals surface area contributed by atoms with Gasteiger partial charge in [-0.25, -0.2) is 4.98 Å². The van der Waals surface area contributed by atoms with Gasteiger partial charge in [-0.3, -0.25) is 14.2 Å². The minimum Gasteiger partial charge on any atom is -0.448 e. The Morgan fingerprint density at radius 3 is 2.67 bits per heavy atom. The third kappa shape index (κ3) is 3.73. The second-order valence-corrected chi connectivity index (χ2v) is 8.52. The Labute approximate surface area is 178 Å². The fraction of sp³-hybridized carbons (Fsp3) is 0.261. The molecule has 0 unspecified atom stereocenters. The molecule has 2 heterocycles. The van der Waals surface area contributed by atoms with E-state index in [0.717, 1.165) is 16.6 Å². The van der Waals surface area contributed by atoms with Crippen LogP contribution in [0.25, 0.3) is 22.1 Å². The van der Waals surface area contributed by atoms with Gasteiger partial charge in [-0.1, -0.05) is 30.0 Å². The number of rotatable bonds is 5. The number of carbonyl (C=O) groups excluding carboxylic acids is 1. The maximum absolute atomic E-state index is 13.1.